The highest BCUT2D eigenvalue weighted by molar-refractivity contribution is 5.90. The molecule has 2 aliphatic carbocycles. The molecular weight excluding hydrogens is 280 g/mol. The molecule has 0 spiro atoms. The summed E-state index contributed by atoms with van der Waals surface area (Å²) in [5.41, 5.74) is 0.667. The van der Waals surface area contributed by atoms with Crippen LogP contribution in [0.4, 0.5) is 5.69 Å². The summed E-state index contributed by atoms with van der Waals surface area (Å²) in [6.45, 7) is 0.203. The molecule has 1 aromatic heterocycles. The van der Waals surface area contributed by atoms with Crippen LogP contribution in [0.2, 0.25) is 0 Å². The maximum absolute atomic E-state index is 12.0. The van der Waals surface area contributed by atoms with Crippen LogP contribution < -0.4 is 10.6 Å². The topological polar surface area (TPSA) is 76.0 Å². The molecule has 1 aromatic rings. The zero-order valence-electron chi connectivity index (χ0n) is 12.9. The third-order valence-electron chi connectivity index (χ3n) is 4.36. The quantitative estimate of drug-likeness (QED) is 0.844. The van der Waals surface area contributed by atoms with Crippen LogP contribution in [0.25, 0.3) is 0 Å². The number of nitrogens with zero attached hydrogens (tertiary/aromatic N) is 2. The molecule has 0 bridgehead atoms. The van der Waals surface area contributed by atoms with E-state index in [2.05, 4.69) is 15.7 Å². The minimum absolute atomic E-state index is 0.0225. The Morgan fingerprint density at radius 1 is 1.14 bits per heavy atom. The number of hydrogen-bond donors (Lipinski definition) is 2. The zero-order chi connectivity index (χ0) is 15.4. The number of carbonyl (C=O) groups is 2. The van der Waals surface area contributed by atoms with Gasteiger partial charge in [0.15, 0.2) is 0 Å². The van der Waals surface area contributed by atoms with Crippen LogP contribution in [0.1, 0.15) is 51.4 Å². The first-order valence-corrected chi connectivity index (χ1v) is 8.31. The molecule has 2 N–H and O–H groups in total. The maximum atomic E-state index is 12.0. The summed E-state index contributed by atoms with van der Waals surface area (Å²) in [4.78, 5) is 23.7. The van der Waals surface area contributed by atoms with E-state index in [1.165, 1.54) is 19.3 Å². The normalized spacial score (nSPS) is 18.9. The van der Waals surface area contributed by atoms with Gasteiger partial charge in [-0.3, -0.25) is 14.3 Å². The van der Waals surface area contributed by atoms with Crippen molar-refractivity contribution in [1.29, 1.82) is 0 Å². The van der Waals surface area contributed by atoms with Gasteiger partial charge in [0, 0.05) is 18.7 Å². The lowest BCUT2D eigenvalue weighted by molar-refractivity contribution is -0.122. The molecule has 3 rings (SSSR count). The summed E-state index contributed by atoms with van der Waals surface area (Å²) in [5, 5.41) is 9.93. The Labute approximate surface area is 130 Å². The molecular formula is C16H24N4O2. The summed E-state index contributed by atoms with van der Waals surface area (Å²) in [6, 6.07) is 0.359. The van der Waals surface area contributed by atoms with Crippen molar-refractivity contribution in [3.63, 3.8) is 0 Å². The zero-order valence-corrected chi connectivity index (χ0v) is 12.9. The molecule has 2 saturated carbocycles. The molecule has 0 saturated heterocycles. The van der Waals surface area contributed by atoms with Gasteiger partial charge >= 0.3 is 0 Å². The highest BCUT2D eigenvalue weighted by Crippen LogP contribution is 2.26. The van der Waals surface area contributed by atoms with Crippen molar-refractivity contribution in [1.82, 2.24) is 15.1 Å². The summed E-state index contributed by atoms with van der Waals surface area (Å²) in [5.74, 6) is 0.549. The standard InChI is InChI=1S/C16H24N4O2/c21-15(8-12-4-2-1-3-5-12)19-14-9-17-20(10-14)11-16(22)18-13-6-7-13/h9-10,12-13H,1-8,11H2,(H,18,22)(H,19,21). The molecule has 6 nitrogen and oxygen atoms in total. The van der Waals surface area contributed by atoms with E-state index in [1.807, 2.05) is 0 Å². The van der Waals surface area contributed by atoms with E-state index in [0.29, 0.717) is 24.1 Å². The van der Waals surface area contributed by atoms with Crippen LogP contribution in [0.3, 0.4) is 0 Å². The third-order valence-corrected chi connectivity index (χ3v) is 4.36. The van der Waals surface area contributed by atoms with Gasteiger partial charge in [-0.2, -0.15) is 5.10 Å². The number of aromatic nitrogens is 2. The fraction of sp³-hybridized carbons (Fsp3) is 0.688. The molecule has 2 amide bonds. The Kier molecular flexibility index (Phi) is 4.75. The molecule has 1 heterocycles. The van der Waals surface area contributed by atoms with Crippen molar-refractivity contribution in [3.05, 3.63) is 12.4 Å². The van der Waals surface area contributed by atoms with Crippen molar-refractivity contribution >= 4 is 17.5 Å². The van der Waals surface area contributed by atoms with E-state index in [4.69, 9.17) is 0 Å². The number of amides is 2. The minimum Gasteiger partial charge on any atom is -0.352 e. The van der Waals surface area contributed by atoms with Gasteiger partial charge in [-0.05, 0) is 31.6 Å². The molecule has 0 unspecified atom stereocenters. The molecule has 0 radical (unpaired) electrons. The second-order valence-corrected chi connectivity index (χ2v) is 6.52. The van der Waals surface area contributed by atoms with Crippen molar-refractivity contribution in [3.8, 4) is 0 Å². The maximum Gasteiger partial charge on any atom is 0.241 e. The summed E-state index contributed by atoms with van der Waals surface area (Å²) < 4.78 is 1.56. The van der Waals surface area contributed by atoms with Gasteiger partial charge in [0.25, 0.3) is 0 Å². The van der Waals surface area contributed by atoms with Gasteiger partial charge in [0.05, 0.1) is 11.9 Å². The smallest absolute Gasteiger partial charge is 0.241 e. The number of carbonyl (C=O) groups excluding carboxylic acids is 2. The van der Waals surface area contributed by atoms with E-state index in [0.717, 1.165) is 25.7 Å². The van der Waals surface area contributed by atoms with Crippen LogP contribution in [0, 0.1) is 5.92 Å². The van der Waals surface area contributed by atoms with E-state index in [1.54, 1.807) is 17.1 Å². The van der Waals surface area contributed by atoms with E-state index in [9.17, 15) is 9.59 Å². The highest BCUT2D eigenvalue weighted by Gasteiger charge is 2.23. The minimum atomic E-state index is -0.0225. The first-order chi connectivity index (χ1) is 10.7. The predicted octanol–water partition coefficient (Wildman–Crippen LogP) is 2.07. The second kappa shape index (κ2) is 6.94. The summed E-state index contributed by atoms with van der Waals surface area (Å²) in [6.07, 6.45) is 12.2. The van der Waals surface area contributed by atoms with Crippen molar-refractivity contribution in [2.45, 2.75) is 64.0 Å². The molecule has 120 valence electrons. The largest absolute Gasteiger partial charge is 0.352 e. The fourth-order valence-corrected chi connectivity index (χ4v) is 3.03. The van der Waals surface area contributed by atoms with Crippen LogP contribution in [0.5, 0.6) is 0 Å². The number of hydrogen-bond acceptors (Lipinski definition) is 3. The van der Waals surface area contributed by atoms with Gasteiger partial charge in [0.2, 0.25) is 11.8 Å². The van der Waals surface area contributed by atoms with E-state index >= 15 is 0 Å². The average molecular weight is 304 g/mol. The molecule has 0 atom stereocenters. The van der Waals surface area contributed by atoms with Crippen LogP contribution >= 0.6 is 0 Å². The molecule has 0 aliphatic heterocycles. The lowest BCUT2D eigenvalue weighted by Gasteiger charge is -2.20. The average Bonchev–Trinajstić information content (AvgIpc) is 3.19. The van der Waals surface area contributed by atoms with E-state index < -0.39 is 0 Å². The lowest BCUT2D eigenvalue weighted by atomic mass is 9.87. The van der Waals surface area contributed by atoms with Gasteiger partial charge in [0.1, 0.15) is 6.54 Å². The molecule has 6 heteroatoms. The van der Waals surface area contributed by atoms with Crippen molar-refractivity contribution < 1.29 is 9.59 Å². The molecule has 22 heavy (non-hydrogen) atoms. The van der Waals surface area contributed by atoms with Gasteiger partial charge in [-0.15, -0.1) is 0 Å². The molecule has 2 aliphatic rings. The highest BCUT2D eigenvalue weighted by atomic mass is 16.2. The molecule has 2 fully saturated rings. The fourth-order valence-electron chi connectivity index (χ4n) is 3.03. The SMILES string of the molecule is O=C(CC1CCCCC1)Nc1cnn(CC(=O)NC2CC2)c1. The number of nitrogens with one attached hydrogen (secondary N) is 2. The Bertz CT molecular complexity index is 530. The van der Waals surface area contributed by atoms with Crippen LogP contribution in [-0.2, 0) is 16.1 Å². The Morgan fingerprint density at radius 3 is 2.64 bits per heavy atom. The first kappa shape index (κ1) is 15.1. The number of anilines is 1. The Balaban J connectivity index is 1.43. The van der Waals surface area contributed by atoms with E-state index in [-0.39, 0.29) is 18.4 Å². The monoisotopic (exact) mass is 304 g/mol. The Hall–Kier alpha value is -1.85. The molecule has 0 aromatic carbocycles. The lowest BCUT2D eigenvalue weighted by Crippen LogP contribution is -2.29. The third kappa shape index (κ3) is 4.58. The van der Waals surface area contributed by atoms with Crippen molar-refractivity contribution in [2.75, 3.05) is 5.32 Å². The predicted molar refractivity (Wildman–Crippen MR) is 83.2 cm³/mol. The van der Waals surface area contributed by atoms with Crippen LogP contribution in [0.15, 0.2) is 12.4 Å². The van der Waals surface area contributed by atoms with Gasteiger partial charge in [-0.25, -0.2) is 0 Å². The van der Waals surface area contributed by atoms with Crippen LogP contribution in [-0.4, -0.2) is 27.6 Å². The number of rotatable bonds is 6. The van der Waals surface area contributed by atoms with Gasteiger partial charge in [-0.1, -0.05) is 19.3 Å². The summed E-state index contributed by atoms with van der Waals surface area (Å²) in [7, 11) is 0. The first-order valence-electron chi connectivity index (χ1n) is 8.31. The second-order valence-electron chi connectivity index (χ2n) is 6.52. The van der Waals surface area contributed by atoms with Crippen molar-refractivity contribution in [2.24, 2.45) is 5.92 Å². The summed E-state index contributed by atoms with van der Waals surface area (Å²) >= 11 is 0. The van der Waals surface area contributed by atoms with Gasteiger partial charge < -0.3 is 10.6 Å². The Morgan fingerprint density at radius 2 is 1.91 bits per heavy atom.